The second-order valence-corrected chi connectivity index (χ2v) is 5.82. The Morgan fingerprint density at radius 2 is 1.63 bits per heavy atom. The van der Waals surface area contributed by atoms with Crippen molar-refractivity contribution in [3.8, 4) is 29.2 Å². The van der Waals surface area contributed by atoms with E-state index in [0.29, 0.717) is 11.6 Å². The summed E-state index contributed by atoms with van der Waals surface area (Å²) in [5.41, 5.74) is 0.409. The van der Waals surface area contributed by atoms with Crippen molar-refractivity contribution in [1.82, 2.24) is 0 Å². The van der Waals surface area contributed by atoms with Gasteiger partial charge in [-0.2, -0.15) is 13.2 Å². The minimum Gasteiger partial charge on any atom is -0.488 e. The van der Waals surface area contributed by atoms with Crippen molar-refractivity contribution < 1.29 is 22.3 Å². The Hall–Kier alpha value is -3.26. The van der Waals surface area contributed by atoms with E-state index in [1.807, 2.05) is 30.3 Å². The summed E-state index contributed by atoms with van der Waals surface area (Å²) in [6, 6.07) is 16.0. The Morgan fingerprint density at radius 3 is 2.30 bits per heavy atom. The van der Waals surface area contributed by atoms with Crippen LogP contribution in [-0.4, -0.2) is 0 Å². The molecule has 0 aromatic heterocycles. The van der Waals surface area contributed by atoms with Crippen LogP contribution < -0.4 is 4.74 Å². The van der Waals surface area contributed by atoms with E-state index in [2.05, 4.69) is 5.92 Å². The van der Waals surface area contributed by atoms with Crippen LogP contribution in [0.5, 0.6) is 5.75 Å². The van der Waals surface area contributed by atoms with E-state index in [1.165, 1.54) is 18.2 Å². The number of rotatable bonds is 4. The Morgan fingerprint density at radius 1 is 0.889 bits per heavy atom. The molecule has 0 aliphatic heterocycles. The van der Waals surface area contributed by atoms with Crippen LogP contribution in [0.25, 0.3) is 11.1 Å². The van der Waals surface area contributed by atoms with Crippen molar-refractivity contribution in [3.05, 3.63) is 89.2 Å². The van der Waals surface area contributed by atoms with Gasteiger partial charge in [-0.25, -0.2) is 4.39 Å². The third kappa shape index (κ3) is 4.29. The van der Waals surface area contributed by atoms with Gasteiger partial charge in [-0.3, -0.25) is 0 Å². The van der Waals surface area contributed by atoms with Gasteiger partial charge >= 0.3 is 6.18 Å². The quantitative estimate of drug-likeness (QED) is 0.400. The number of hydrogen-bond acceptors (Lipinski definition) is 1. The predicted molar refractivity (Wildman–Crippen MR) is 95.5 cm³/mol. The predicted octanol–water partition coefficient (Wildman–Crippen LogP) is 6.07. The van der Waals surface area contributed by atoms with Crippen molar-refractivity contribution in [3.63, 3.8) is 0 Å². The SMILES string of the molecule is C#Cc1ccc(-c2cc(C(F)(F)F)ccc2F)c(OCc2ccccc2)c1. The van der Waals surface area contributed by atoms with Crippen LogP contribution in [0.2, 0.25) is 0 Å². The average Bonchev–Trinajstić information content (AvgIpc) is 2.66. The number of hydrogen-bond donors (Lipinski definition) is 0. The van der Waals surface area contributed by atoms with E-state index < -0.39 is 17.6 Å². The molecule has 1 nitrogen and oxygen atoms in total. The zero-order valence-electron chi connectivity index (χ0n) is 14.1. The molecule has 0 radical (unpaired) electrons. The maximum absolute atomic E-state index is 14.3. The van der Waals surface area contributed by atoms with E-state index in [1.54, 1.807) is 0 Å². The van der Waals surface area contributed by atoms with Gasteiger partial charge in [0.2, 0.25) is 0 Å². The molecule has 3 aromatic carbocycles. The zero-order chi connectivity index (χ0) is 19.4. The smallest absolute Gasteiger partial charge is 0.416 e. The van der Waals surface area contributed by atoms with Crippen molar-refractivity contribution in [2.75, 3.05) is 0 Å². The first-order valence-electron chi connectivity index (χ1n) is 8.03. The summed E-state index contributed by atoms with van der Waals surface area (Å²) in [4.78, 5) is 0. The largest absolute Gasteiger partial charge is 0.488 e. The maximum atomic E-state index is 14.3. The number of benzene rings is 3. The Kier molecular flexibility index (Phi) is 5.18. The molecule has 0 aliphatic carbocycles. The minimum absolute atomic E-state index is 0.169. The van der Waals surface area contributed by atoms with E-state index in [9.17, 15) is 17.6 Å². The molecule has 27 heavy (non-hydrogen) atoms. The molecule has 0 saturated heterocycles. The van der Waals surface area contributed by atoms with Gasteiger partial charge in [-0.05, 0) is 42.0 Å². The van der Waals surface area contributed by atoms with Crippen LogP contribution in [-0.2, 0) is 12.8 Å². The van der Waals surface area contributed by atoms with E-state index in [-0.39, 0.29) is 23.5 Å². The molecule has 0 spiro atoms. The number of alkyl halides is 3. The van der Waals surface area contributed by atoms with Gasteiger partial charge in [-0.15, -0.1) is 6.42 Å². The highest BCUT2D eigenvalue weighted by atomic mass is 19.4. The molecular weight excluding hydrogens is 356 g/mol. The lowest BCUT2D eigenvalue weighted by atomic mass is 9.99. The first kappa shape index (κ1) is 18.5. The highest BCUT2D eigenvalue weighted by Gasteiger charge is 2.31. The summed E-state index contributed by atoms with van der Waals surface area (Å²) in [5, 5.41) is 0. The molecule has 0 saturated carbocycles. The molecule has 3 rings (SSSR count). The van der Waals surface area contributed by atoms with Crippen molar-refractivity contribution in [2.24, 2.45) is 0 Å². The van der Waals surface area contributed by atoms with Crippen molar-refractivity contribution >= 4 is 0 Å². The molecular formula is C22H14F4O. The maximum Gasteiger partial charge on any atom is 0.416 e. The van der Waals surface area contributed by atoms with Crippen LogP contribution in [0.15, 0.2) is 66.7 Å². The number of terminal acetylenes is 1. The topological polar surface area (TPSA) is 9.23 Å². The summed E-state index contributed by atoms with van der Waals surface area (Å²) in [7, 11) is 0. The monoisotopic (exact) mass is 370 g/mol. The van der Waals surface area contributed by atoms with Crippen molar-refractivity contribution in [2.45, 2.75) is 12.8 Å². The fourth-order valence-electron chi connectivity index (χ4n) is 2.60. The molecule has 0 aliphatic rings. The highest BCUT2D eigenvalue weighted by Crippen LogP contribution is 2.37. The molecule has 3 aromatic rings. The molecule has 0 fully saturated rings. The Balaban J connectivity index is 2.04. The first-order chi connectivity index (χ1) is 12.9. The molecule has 136 valence electrons. The third-order valence-electron chi connectivity index (χ3n) is 3.97. The van der Waals surface area contributed by atoms with E-state index in [4.69, 9.17) is 11.2 Å². The lowest BCUT2D eigenvalue weighted by Gasteiger charge is -2.15. The fraction of sp³-hybridized carbons (Fsp3) is 0.0909. The second kappa shape index (κ2) is 7.55. The summed E-state index contributed by atoms with van der Waals surface area (Å²) >= 11 is 0. The van der Waals surface area contributed by atoms with Crippen LogP contribution in [0.1, 0.15) is 16.7 Å². The van der Waals surface area contributed by atoms with Gasteiger partial charge in [0.1, 0.15) is 18.2 Å². The van der Waals surface area contributed by atoms with Gasteiger partial charge in [0, 0.05) is 16.7 Å². The summed E-state index contributed by atoms with van der Waals surface area (Å²) in [5.74, 6) is 1.88. The van der Waals surface area contributed by atoms with E-state index >= 15 is 0 Å². The Bertz CT molecular complexity index is 985. The molecule has 0 atom stereocenters. The van der Waals surface area contributed by atoms with E-state index in [0.717, 1.165) is 17.7 Å². The highest BCUT2D eigenvalue weighted by molar-refractivity contribution is 5.73. The average molecular weight is 370 g/mol. The number of ether oxygens (including phenoxy) is 1. The van der Waals surface area contributed by atoms with Gasteiger partial charge < -0.3 is 4.74 Å². The zero-order valence-corrected chi connectivity index (χ0v) is 14.1. The van der Waals surface area contributed by atoms with Crippen LogP contribution in [0.4, 0.5) is 17.6 Å². The van der Waals surface area contributed by atoms with Gasteiger partial charge in [0.25, 0.3) is 0 Å². The van der Waals surface area contributed by atoms with Crippen molar-refractivity contribution in [1.29, 1.82) is 0 Å². The van der Waals surface area contributed by atoms with Gasteiger partial charge in [0.05, 0.1) is 5.56 Å². The Labute approximate surface area is 154 Å². The summed E-state index contributed by atoms with van der Waals surface area (Å²) < 4.78 is 59.1. The standard InChI is InChI=1S/C22H14F4O/c1-2-15-8-10-18(19-13-17(22(24,25)26)9-11-20(19)23)21(12-15)27-14-16-6-4-3-5-7-16/h1,3-13H,14H2. The second-order valence-electron chi connectivity index (χ2n) is 5.82. The molecule has 0 bridgehead atoms. The lowest BCUT2D eigenvalue weighted by molar-refractivity contribution is -0.137. The minimum atomic E-state index is -4.58. The number of halogens is 4. The third-order valence-corrected chi connectivity index (χ3v) is 3.97. The summed E-state index contributed by atoms with van der Waals surface area (Å²) in [6.45, 7) is 0.169. The van der Waals surface area contributed by atoms with Crippen LogP contribution in [0.3, 0.4) is 0 Å². The van der Waals surface area contributed by atoms with Crippen LogP contribution in [0, 0.1) is 18.2 Å². The normalized spacial score (nSPS) is 11.1. The molecule has 0 heterocycles. The molecule has 0 unspecified atom stereocenters. The molecule has 0 N–H and O–H groups in total. The first-order valence-corrected chi connectivity index (χ1v) is 8.03. The fourth-order valence-corrected chi connectivity index (χ4v) is 2.60. The lowest BCUT2D eigenvalue weighted by Crippen LogP contribution is -2.06. The molecule has 5 heteroatoms. The molecule has 0 amide bonds. The van der Waals surface area contributed by atoms with Gasteiger partial charge in [0.15, 0.2) is 0 Å². The van der Waals surface area contributed by atoms with Gasteiger partial charge in [-0.1, -0.05) is 36.3 Å². The van der Waals surface area contributed by atoms with Crippen LogP contribution >= 0.6 is 0 Å². The summed E-state index contributed by atoms with van der Waals surface area (Å²) in [6.07, 6.45) is 0.820.